The molecule has 0 saturated heterocycles. The lowest BCUT2D eigenvalue weighted by molar-refractivity contribution is -0.385. The topological polar surface area (TPSA) is 179 Å². The molecule has 12 heteroatoms. The van der Waals surface area contributed by atoms with Gasteiger partial charge in [-0.3, -0.25) is 20.2 Å². The molecule has 0 aliphatic carbocycles. The number of nitro benzene ring substituents is 2. The maximum absolute atomic E-state index is 12.1. The first-order chi connectivity index (χ1) is 16.0. The number of rotatable bonds is 11. The Labute approximate surface area is 192 Å². The van der Waals surface area contributed by atoms with Gasteiger partial charge in [0.2, 0.25) is 0 Å². The minimum Gasteiger partial charge on any atom is -0.459 e. The van der Waals surface area contributed by atoms with Crippen LogP contribution in [0, 0.1) is 20.2 Å². The molecule has 178 valence electrons. The number of carbonyl (C=O) groups excluding carboxylic acids is 2. The minimum absolute atomic E-state index is 0.0639. The Bertz CT molecular complexity index is 1050. The summed E-state index contributed by atoms with van der Waals surface area (Å²) >= 11 is 0. The van der Waals surface area contributed by atoms with Gasteiger partial charge in [0.25, 0.3) is 11.4 Å². The van der Waals surface area contributed by atoms with Crippen molar-refractivity contribution in [3.05, 3.63) is 104 Å². The Balaban J connectivity index is 1.85. The summed E-state index contributed by atoms with van der Waals surface area (Å²) < 4.78 is 9.73. The maximum Gasteiger partial charge on any atom is 0.336 e. The second-order valence-electron chi connectivity index (χ2n) is 6.83. The zero-order valence-corrected chi connectivity index (χ0v) is 17.7. The Morgan fingerprint density at radius 3 is 1.47 bits per heavy atom. The monoisotopic (exact) mass is 472 g/mol. The summed E-state index contributed by atoms with van der Waals surface area (Å²) in [7, 11) is 0. The van der Waals surface area contributed by atoms with Crippen molar-refractivity contribution in [2.75, 3.05) is 13.2 Å². The highest BCUT2D eigenvalue weighted by Crippen LogP contribution is 2.26. The van der Waals surface area contributed by atoms with E-state index in [1.807, 2.05) is 0 Å². The van der Waals surface area contributed by atoms with Gasteiger partial charge >= 0.3 is 11.9 Å². The Morgan fingerprint density at radius 1 is 0.794 bits per heavy atom. The third kappa shape index (κ3) is 6.54. The molecule has 2 unspecified atom stereocenters. The number of ether oxygens (including phenoxy) is 2. The number of esters is 2. The summed E-state index contributed by atoms with van der Waals surface area (Å²) in [4.78, 5) is 44.5. The van der Waals surface area contributed by atoms with Gasteiger partial charge < -0.3 is 19.7 Å². The van der Waals surface area contributed by atoms with Crippen LogP contribution in [0.3, 0.4) is 0 Å². The third-order valence-electron chi connectivity index (χ3n) is 4.53. The van der Waals surface area contributed by atoms with Crippen molar-refractivity contribution in [3.63, 3.8) is 0 Å². The Kier molecular flexibility index (Phi) is 8.70. The molecule has 0 amide bonds. The lowest BCUT2D eigenvalue weighted by atomic mass is 10.0. The van der Waals surface area contributed by atoms with Gasteiger partial charge in [-0.25, -0.2) is 9.59 Å². The van der Waals surface area contributed by atoms with E-state index in [4.69, 9.17) is 9.47 Å². The van der Waals surface area contributed by atoms with Crippen LogP contribution >= 0.6 is 0 Å². The molecule has 2 atom stereocenters. The molecule has 0 fully saturated rings. The number of hydrogen-bond donors (Lipinski definition) is 2. The number of nitro groups is 2. The van der Waals surface area contributed by atoms with Gasteiger partial charge in [0, 0.05) is 24.3 Å². The molecule has 0 bridgehead atoms. The van der Waals surface area contributed by atoms with Crippen molar-refractivity contribution >= 4 is 23.3 Å². The number of nitrogens with zero attached hydrogens (tertiary/aromatic N) is 2. The van der Waals surface area contributed by atoms with Gasteiger partial charge in [-0.1, -0.05) is 37.4 Å². The molecule has 2 rings (SSSR count). The molecule has 2 N–H and O–H groups in total. The molecule has 2 aromatic rings. The van der Waals surface area contributed by atoms with Gasteiger partial charge in [0.15, 0.2) is 0 Å². The molecule has 0 saturated carbocycles. The molecular weight excluding hydrogens is 452 g/mol. The highest BCUT2D eigenvalue weighted by Gasteiger charge is 2.23. The molecule has 12 nitrogen and oxygen atoms in total. The standard InChI is InChI=1S/C22H20N2O10/c1-13(19(25)15-5-3-7-17(11-15)23(29)30)21(27)33-9-10-34-22(28)14(2)20(26)16-6-4-8-18(12-16)24(31)32/h3-8,11-12,19-20,25-26H,1-2,9-10H2. The number of aliphatic hydroxyl groups excluding tert-OH is 2. The first-order valence-electron chi connectivity index (χ1n) is 9.59. The van der Waals surface area contributed by atoms with E-state index in [-0.39, 0.29) is 22.5 Å². The van der Waals surface area contributed by atoms with E-state index in [0.717, 1.165) is 12.1 Å². The van der Waals surface area contributed by atoms with Crippen LogP contribution < -0.4 is 0 Å². The third-order valence-corrected chi connectivity index (χ3v) is 4.53. The van der Waals surface area contributed by atoms with Crippen molar-refractivity contribution in [3.8, 4) is 0 Å². The van der Waals surface area contributed by atoms with Gasteiger partial charge in [-0.2, -0.15) is 0 Å². The molecular formula is C22H20N2O10. The van der Waals surface area contributed by atoms with Gasteiger partial charge in [0.1, 0.15) is 25.4 Å². The van der Waals surface area contributed by atoms with E-state index in [1.54, 1.807) is 0 Å². The molecule has 0 heterocycles. The van der Waals surface area contributed by atoms with E-state index in [2.05, 4.69) is 13.2 Å². The molecule has 0 aliphatic rings. The maximum atomic E-state index is 12.1. The highest BCUT2D eigenvalue weighted by molar-refractivity contribution is 5.90. The summed E-state index contributed by atoms with van der Waals surface area (Å²) in [6.07, 6.45) is -3.11. The molecule has 0 spiro atoms. The Hall–Kier alpha value is -4.42. The number of benzene rings is 2. The molecule has 0 radical (unpaired) electrons. The van der Waals surface area contributed by atoms with E-state index in [0.29, 0.717) is 0 Å². The first-order valence-corrected chi connectivity index (χ1v) is 9.59. The largest absolute Gasteiger partial charge is 0.459 e. The van der Waals surface area contributed by atoms with Crippen LogP contribution in [0.25, 0.3) is 0 Å². The average molecular weight is 472 g/mol. The predicted molar refractivity (Wildman–Crippen MR) is 116 cm³/mol. The van der Waals surface area contributed by atoms with Crippen LogP contribution in [-0.4, -0.2) is 45.2 Å². The Morgan fingerprint density at radius 2 is 1.15 bits per heavy atom. The first kappa shape index (κ1) is 25.8. The summed E-state index contributed by atoms with van der Waals surface area (Å²) in [6.45, 7) is 6.00. The van der Waals surface area contributed by atoms with Crippen LogP contribution in [0.2, 0.25) is 0 Å². The fourth-order valence-electron chi connectivity index (χ4n) is 2.70. The predicted octanol–water partition coefficient (Wildman–Crippen LogP) is 2.47. The normalized spacial score (nSPS) is 12.2. The van der Waals surface area contributed by atoms with Crippen molar-refractivity contribution in [1.29, 1.82) is 0 Å². The van der Waals surface area contributed by atoms with Crippen LogP contribution in [0.4, 0.5) is 11.4 Å². The van der Waals surface area contributed by atoms with Crippen molar-refractivity contribution in [2.45, 2.75) is 12.2 Å². The zero-order chi connectivity index (χ0) is 25.4. The van der Waals surface area contributed by atoms with E-state index < -0.39 is 58.4 Å². The van der Waals surface area contributed by atoms with Gasteiger partial charge in [-0.05, 0) is 11.1 Å². The average Bonchev–Trinajstić information content (AvgIpc) is 2.84. The summed E-state index contributed by atoms with van der Waals surface area (Å²) in [5, 5.41) is 42.1. The number of aliphatic hydroxyl groups is 2. The summed E-state index contributed by atoms with van der Waals surface area (Å²) in [6, 6.07) is 10.0. The van der Waals surface area contributed by atoms with Crippen molar-refractivity contribution in [1.82, 2.24) is 0 Å². The van der Waals surface area contributed by atoms with Gasteiger partial charge in [-0.15, -0.1) is 0 Å². The van der Waals surface area contributed by atoms with Crippen molar-refractivity contribution in [2.24, 2.45) is 0 Å². The van der Waals surface area contributed by atoms with Crippen LogP contribution in [0.5, 0.6) is 0 Å². The lowest BCUT2D eigenvalue weighted by Gasteiger charge is -2.15. The molecule has 0 aliphatic heterocycles. The lowest BCUT2D eigenvalue weighted by Crippen LogP contribution is -2.19. The van der Waals surface area contributed by atoms with E-state index >= 15 is 0 Å². The quantitative estimate of drug-likeness (QED) is 0.162. The number of non-ortho nitro benzene ring substituents is 2. The molecule has 2 aromatic carbocycles. The smallest absolute Gasteiger partial charge is 0.336 e. The number of carbonyl (C=O) groups is 2. The van der Waals surface area contributed by atoms with Crippen LogP contribution in [0.15, 0.2) is 72.8 Å². The SMILES string of the molecule is C=C(C(=O)OCCOC(=O)C(=C)C(O)c1cccc([N+](=O)[O-])c1)C(O)c1cccc([N+](=O)[O-])c1. The van der Waals surface area contributed by atoms with Crippen LogP contribution in [0.1, 0.15) is 23.3 Å². The van der Waals surface area contributed by atoms with Gasteiger partial charge in [0.05, 0.1) is 21.0 Å². The van der Waals surface area contributed by atoms with Crippen molar-refractivity contribution < 1.29 is 39.1 Å². The fraction of sp³-hybridized carbons (Fsp3) is 0.182. The fourth-order valence-corrected chi connectivity index (χ4v) is 2.70. The minimum atomic E-state index is -1.56. The second-order valence-corrected chi connectivity index (χ2v) is 6.83. The van der Waals surface area contributed by atoms with E-state index in [1.165, 1.54) is 36.4 Å². The summed E-state index contributed by atoms with van der Waals surface area (Å²) in [5.41, 5.74) is -1.22. The second kappa shape index (κ2) is 11.4. The molecule has 34 heavy (non-hydrogen) atoms. The number of hydrogen-bond acceptors (Lipinski definition) is 10. The summed E-state index contributed by atoms with van der Waals surface area (Å²) in [5.74, 6) is -2.05. The van der Waals surface area contributed by atoms with E-state index in [9.17, 15) is 40.0 Å². The van der Waals surface area contributed by atoms with Crippen LogP contribution in [-0.2, 0) is 19.1 Å². The molecule has 0 aromatic heterocycles. The zero-order valence-electron chi connectivity index (χ0n) is 17.7. The highest BCUT2D eigenvalue weighted by atomic mass is 16.6.